The third kappa shape index (κ3) is 3.55. The second-order valence-corrected chi connectivity index (χ2v) is 3.14. The highest BCUT2D eigenvalue weighted by molar-refractivity contribution is 5.82. The van der Waals surface area contributed by atoms with Crippen LogP contribution < -0.4 is 0 Å². The van der Waals surface area contributed by atoms with Crippen LogP contribution >= 0.6 is 0 Å². The fourth-order valence-electron chi connectivity index (χ4n) is 1.30. The van der Waals surface area contributed by atoms with Crippen LogP contribution in [0.15, 0.2) is 0 Å². The highest BCUT2D eigenvalue weighted by Gasteiger charge is 2.43. The Morgan fingerprint density at radius 1 is 1.36 bits per heavy atom. The topological polar surface area (TPSA) is 20.3 Å². The van der Waals surface area contributed by atoms with Crippen LogP contribution in [0.2, 0.25) is 0 Å². The average Bonchev–Trinajstić information content (AvgIpc) is 2.52. The van der Waals surface area contributed by atoms with Gasteiger partial charge in [0.25, 0.3) is 0 Å². The molecule has 0 aromatic rings. The molecule has 2 nitrogen and oxygen atoms in total. The number of amides is 1. The smallest absolute Gasteiger partial charge is 0.335 e. The predicted molar refractivity (Wildman–Crippen MR) is 47.8 cm³/mol. The van der Waals surface area contributed by atoms with Crippen molar-refractivity contribution < 1.29 is 18.0 Å². The van der Waals surface area contributed by atoms with Gasteiger partial charge in [-0.05, 0) is 12.3 Å². The van der Waals surface area contributed by atoms with E-state index in [9.17, 15) is 18.0 Å². The van der Waals surface area contributed by atoms with Crippen LogP contribution in [0, 0.1) is 5.92 Å². The first-order valence-corrected chi connectivity index (χ1v) is 4.77. The van der Waals surface area contributed by atoms with E-state index in [-0.39, 0.29) is 19.0 Å². The number of rotatable bonds is 0. The van der Waals surface area contributed by atoms with Crippen LogP contribution in [0.1, 0.15) is 27.2 Å². The Morgan fingerprint density at radius 2 is 1.86 bits per heavy atom. The van der Waals surface area contributed by atoms with Crippen LogP contribution in [-0.4, -0.2) is 30.1 Å². The summed E-state index contributed by atoms with van der Waals surface area (Å²) < 4.78 is 35.5. The Labute approximate surface area is 82.1 Å². The number of hydrogen-bond acceptors (Lipinski definition) is 1. The minimum absolute atomic E-state index is 0.191. The molecule has 0 saturated carbocycles. The van der Waals surface area contributed by atoms with Crippen molar-refractivity contribution in [1.29, 1.82) is 0 Å². The third-order valence-corrected chi connectivity index (χ3v) is 1.95. The van der Waals surface area contributed by atoms with E-state index in [4.69, 9.17) is 0 Å². The van der Waals surface area contributed by atoms with Crippen molar-refractivity contribution in [1.82, 2.24) is 4.90 Å². The van der Waals surface area contributed by atoms with Gasteiger partial charge in [0.15, 0.2) is 0 Å². The van der Waals surface area contributed by atoms with E-state index < -0.39 is 12.1 Å². The molecule has 14 heavy (non-hydrogen) atoms. The summed E-state index contributed by atoms with van der Waals surface area (Å²) in [5.41, 5.74) is 0. The molecule has 1 saturated heterocycles. The lowest BCUT2D eigenvalue weighted by atomic mass is 10.2. The van der Waals surface area contributed by atoms with Crippen LogP contribution in [0.3, 0.4) is 0 Å². The van der Waals surface area contributed by atoms with E-state index in [1.807, 2.05) is 20.8 Å². The van der Waals surface area contributed by atoms with E-state index in [0.29, 0.717) is 6.42 Å². The summed E-state index contributed by atoms with van der Waals surface area (Å²) in [6, 6.07) is 0. The number of likely N-dealkylation sites (tertiary alicyclic amines) is 1. The molecule has 1 unspecified atom stereocenters. The number of nitrogens with zero attached hydrogens (tertiary/aromatic N) is 1. The van der Waals surface area contributed by atoms with E-state index in [0.717, 1.165) is 4.90 Å². The van der Waals surface area contributed by atoms with E-state index >= 15 is 0 Å². The fraction of sp³-hybridized carbons (Fsp3) is 0.889. The van der Waals surface area contributed by atoms with Crippen molar-refractivity contribution in [2.45, 2.75) is 33.4 Å². The lowest BCUT2D eigenvalue weighted by Crippen LogP contribution is -2.39. The van der Waals surface area contributed by atoms with Gasteiger partial charge in [0, 0.05) is 13.1 Å². The maximum atomic E-state index is 11.8. The standard InChI is InChI=1S/C7H10F3NO.C2H6/c1-5-2-3-11(4-5)6(12)7(8,9)10;1-2/h5H,2-4H2,1H3;1-2H3. The van der Waals surface area contributed by atoms with Gasteiger partial charge in [0.1, 0.15) is 0 Å². The molecule has 1 aliphatic heterocycles. The van der Waals surface area contributed by atoms with Crippen molar-refractivity contribution in [3.05, 3.63) is 0 Å². The third-order valence-electron chi connectivity index (χ3n) is 1.95. The predicted octanol–water partition coefficient (Wildman–Crippen LogP) is 2.44. The van der Waals surface area contributed by atoms with Gasteiger partial charge in [-0.3, -0.25) is 4.79 Å². The lowest BCUT2D eigenvalue weighted by Gasteiger charge is -2.17. The van der Waals surface area contributed by atoms with Crippen LogP contribution in [0.4, 0.5) is 13.2 Å². The monoisotopic (exact) mass is 211 g/mol. The number of halogens is 3. The van der Waals surface area contributed by atoms with Gasteiger partial charge in [-0.25, -0.2) is 0 Å². The molecule has 5 heteroatoms. The summed E-state index contributed by atoms with van der Waals surface area (Å²) in [4.78, 5) is 11.5. The molecule has 1 rings (SSSR count). The summed E-state index contributed by atoms with van der Waals surface area (Å²) in [6.07, 6.45) is -4.04. The SMILES string of the molecule is CC.CC1CCN(C(=O)C(F)(F)F)C1. The lowest BCUT2D eigenvalue weighted by molar-refractivity contribution is -0.184. The number of hydrogen-bond donors (Lipinski definition) is 0. The number of alkyl halides is 3. The summed E-state index contributed by atoms with van der Waals surface area (Å²) in [6.45, 7) is 6.31. The Hall–Kier alpha value is -0.740. The molecular weight excluding hydrogens is 195 g/mol. The molecule has 0 radical (unpaired) electrons. The van der Waals surface area contributed by atoms with Gasteiger partial charge < -0.3 is 4.90 Å². The fourth-order valence-corrected chi connectivity index (χ4v) is 1.30. The molecule has 0 aromatic heterocycles. The highest BCUT2D eigenvalue weighted by atomic mass is 19.4. The minimum atomic E-state index is -4.70. The Morgan fingerprint density at radius 3 is 2.14 bits per heavy atom. The average molecular weight is 211 g/mol. The van der Waals surface area contributed by atoms with Crippen LogP contribution in [-0.2, 0) is 4.79 Å². The molecule has 0 spiro atoms. The first-order chi connectivity index (χ1) is 6.41. The van der Waals surface area contributed by atoms with Crippen molar-refractivity contribution in [3.63, 3.8) is 0 Å². The first kappa shape index (κ1) is 13.3. The number of carbonyl (C=O) groups is 1. The summed E-state index contributed by atoms with van der Waals surface area (Å²) >= 11 is 0. The largest absolute Gasteiger partial charge is 0.471 e. The second-order valence-electron chi connectivity index (χ2n) is 3.14. The maximum Gasteiger partial charge on any atom is 0.471 e. The zero-order chi connectivity index (χ0) is 11.4. The Bertz CT molecular complexity index is 191. The Kier molecular flexibility index (Phi) is 4.94. The van der Waals surface area contributed by atoms with E-state index in [2.05, 4.69) is 0 Å². The molecule has 1 amide bonds. The molecule has 1 heterocycles. The summed E-state index contributed by atoms with van der Waals surface area (Å²) in [5, 5.41) is 0. The quantitative estimate of drug-likeness (QED) is 0.602. The van der Waals surface area contributed by atoms with Crippen molar-refractivity contribution in [2.75, 3.05) is 13.1 Å². The van der Waals surface area contributed by atoms with Crippen molar-refractivity contribution >= 4 is 5.91 Å². The molecule has 84 valence electrons. The van der Waals surface area contributed by atoms with Crippen LogP contribution in [0.5, 0.6) is 0 Å². The number of carbonyl (C=O) groups excluding carboxylic acids is 1. The molecule has 0 aliphatic carbocycles. The summed E-state index contributed by atoms with van der Waals surface area (Å²) in [5.74, 6) is -1.51. The zero-order valence-corrected chi connectivity index (χ0v) is 8.69. The molecule has 0 bridgehead atoms. The molecule has 1 aliphatic rings. The maximum absolute atomic E-state index is 11.8. The van der Waals surface area contributed by atoms with Crippen molar-refractivity contribution in [2.24, 2.45) is 5.92 Å². The summed E-state index contributed by atoms with van der Waals surface area (Å²) in [7, 11) is 0. The van der Waals surface area contributed by atoms with E-state index in [1.54, 1.807) is 0 Å². The van der Waals surface area contributed by atoms with Crippen molar-refractivity contribution in [3.8, 4) is 0 Å². The van der Waals surface area contributed by atoms with Crippen LogP contribution in [0.25, 0.3) is 0 Å². The van der Waals surface area contributed by atoms with E-state index in [1.165, 1.54) is 0 Å². The zero-order valence-electron chi connectivity index (χ0n) is 8.69. The first-order valence-electron chi connectivity index (χ1n) is 4.77. The van der Waals surface area contributed by atoms with Gasteiger partial charge in [-0.2, -0.15) is 13.2 Å². The normalized spacial score (nSPS) is 21.6. The molecule has 0 N–H and O–H groups in total. The van der Waals surface area contributed by atoms with Gasteiger partial charge in [-0.1, -0.05) is 20.8 Å². The molecular formula is C9H16F3NO. The molecule has 0 aromatic carbocycles. The van der Waals surface area contributed by atoms with Gasteiger partial charge in [-0.15, -0.1) is 0 Å². The molecule has 1 atom stereocenters. The Balaban J connectivity index is 0.000000791. The highest BCUT2D eigenvalue weighted by Crippen LogP contribution is 2.23. The molecule has 1 fully saturated rings. The second kappa shape index (κ2) is 5.22. The van der Waals surface area contributed by atoms with Gasteiger partial charge >= 0.3 is 12.1 Å². The van der Waals surface area contributed by atoms with Gasteiger partial charge in [0.05, 0.1) is 0 Å². The minimum Gasteiger partial charge on any atom is -0.335 e. The van der Waals surface area contributed by atoms with Gasteiger partial charge in [0.2, 0.25) is 0 Å².